The second-order valence-corrected chi connectivity index (χ2v) is 10.4. The molecule has 1 saturated heterocycles. The predicted octanol–water partition coefficient (Wildman–Crippen LogP) is 6.18. The van der Waals surface area contributed by atoms with Crippen molar-refractivity contribution in [1.82, 2.24) is 14.8 Å². The highest BCUT2D eigenvalue weighted by molar-refractivity contribution is 6.08. The summed E-state index contributed by atoms with van der Waals surface area (Å²) in [6, 6.07) is 31.7. The summed E-state index contributed by atoms with van der Waals surface area (Å²) in [4.78, 5) is 28.0. The average Bonchev–Trinajstić information content (AvgIpc) is 3.57. The zero-order valence-electron chi connectivity index (χ0n) is 22.7. The number of rotatable bonds is 8. The van der Waals surface area contributed by atoms with Crippen molar-refractivity contribution in [3.05, 3.63) is 119 Å². The van der Waals surface area contributed by atoms with E-state index >= 15 is 0 Å². The Hall–Kier alpha value is -4.42. The normalized spacial score (nSPS) is 15.5. The lowest BCUT2D eigenvalue weighted by atomic mass is 10.1. The Morgan fingerprint density at radius 2 is 1.62 bits per heavy atom. The Labute approximate surface area is 234 Å². The van der Waals surface area contributed by atoms with Crippen molar-refractivity contribution in [3.8, 4) is 0 Å². The van der Waals surface area contributed by atoms with Crippen molar-refractivity contribution >= 4 is 33.7 Å². The summed E-state index contributed by atoms with van der Waals surface area (Å²) in [6.45, 7) is 5.75. The molecule has 0 bridgehead atoms. The molecule has 2 heterocycles. The third-order valence-corrected chi connectivity index (χ3v) is 7.80. The van der Waals surface area contributed by atoms with Gasteiger partial charge in [0.1, 0.15) is 6.61 Å². The second-order valence-electron chi connectivity index (χ2n) is 10.4. The number of carbonyl (C=O) groups is 2. The van der Waals surface area contributed by atoms with Crippen LogP contribution >= 0.6 is 0 Å². The molecule has 6 nitrogen and oxygen atoms in total. The number of likely N-dealkylation sites (tertiary alicyclic amines) is 1. The highest BCUT2D eigenvalue weighted by Crippen LogP contribution is 2.30. The van der Waals surface area contributed by atoms with Gasteiger partial charge in [-0.1, -0.05) is 60.7 Å². The first-order valence-corrected chi connectivity index (χ1v) is 13.9. The van der Waals surface area contributed by atoms with E-state index < -0.39 is 5.97 Å². The zero-order chi connectivity index (χ0) is 27.5. The molecule has 0 aliphatic carbocycles. The quantitative estimate of drug-likeness (QED) is 0.243. The lowest BCUT2D eigenvalue weighted by molar-refractivity contribution is 0.0470. The van der Waals surface area contributed by atoms with Crippen LogP contribution in [0.2, 0.25) is 0 Å². The maximum atomic E-state index is 13.2. The standard InChI is InChI=1S/C34H33N3O3/c1-2-37-31-15-9-8-14-29(31)30-20-24(16-17-32(30)37)21-36-19-18-27(22-36)35-33(38)28-13-7-6-12-26(28)23-40-34(39)25-10-4-3-5-11-25/h3-17,20,27H,2,18-19,21-23H2,1H3,(H,35,38). The van der Waals surface area contributed by atoms with Crippen LogP contribution in [0.5, 0.6) is 0 Å². The lowest BCUT2D eigenvalue weighted by Crippen LogP contribution is -2.37. The number of amides is 1. The fraction of sp³-hybridized carbons (Fsp3) is 0.235. The van der Waals surface area contributed by atoms with Crippen LogP contribution in [-0.4, -0.2) is 40.5 Å². The van der Waals surface area contributed by atoms with Crippen molar-refractivity contribution in [3.63, 3.8) is 0 Å². The maximum absolute atomic E-state index is 13.2. The van der Waals surface area contributed by atoms with Crippen LogP contribution in [0.4, 0.5) is 0 Å². The molecule has 1 aromatic heterocycles. The minimum absolute atomic E-state index is 0.0467. The fourth-order valence-electron chi connectivity index (χ4n) is 5.82. The number of carbonyl (C=O) groups excluding carboxylic acids is 2. The number of nitrogens with zero attached hydrogens (tertiary/aromatic N) is 2. The number of aryl methyl sites for hydroxylation is 1. The number of hydrogen-bond donors (Lipinski definition) is 1. The number of benzene rings is 4. The van der Waals surface area contributed by atoms with E-state index in [4.69, 9.17) is 4.74 Å². The van der Waals surface area contributed by atoms with Crippen molar-refractivity contribution in [2.75, 3.05) is 13.1 Å². The minimum Gasteiger partial charge on any atom is -0.457 e. The number of esters is 1. The summed E-state index contributed by atoms with van der Waals surface area (Å²) in [5.74, 6) is -0.535. The van der Waals surface area contributed by atoms with Crippen LogP contribution in [0.1, 0.15) is 45.2 Å². The molecule has 6 heteroatoms. The number of hydrogen-bond acceptors (Lipinski definition) is 4. The zero-order valence-corrected chi connectivity index (χ0v) is 22.7. The molecule has 1 aliphatic heterocycles. The van der Waals surface area contributed by atoms with Crippen molar-refractivity contribution in [2.24, 2.45) is 0 Å². The van der Waals surface area contributed by atoms with Crippen LogP contribution in [0.15, 0.2) is 97.1 Å². The molecule has 1 amide bonds. The van der Waals surface area contributed by atoms with Gasteiger partial charge in [0.2, 0.25) is 0 Å². The molecular formula is C34H33N3O3. The highest BCUT2D eigenvalue weighted by atomic mass is 16.5. The molecule has 1 unspecified atom stereocenters. The Bertz CT molecular complexity index is 1670. The first kappa shape index (κ1) is 25.8. The summed E-state index contributed by atoms with van der Waals surface area (Å²) in [6.07, 6.45) is 0.897. The van der Waals surface area contributed by atoms with Crippen LogP contribution in [0.25, 0.3) is 21.8 Å². The monoisotopic (exact) mass is 531 g/mol. The van der Waals surface area contributed by atoms with Crippen LogP contribution in [0.3, 0.4) is 0 Å². The molecule has 202 valence electrons. The summed E-state index contributed by atoms with van der Waals surface area (Å²) in [5.41, 5.74) is 5.55. The largest absolute Gasteiger partial charge is 0.457 e. The van der Waals surface area contributed by atoms with Gasteiger partial charge in [0.05, 0.1) is 5.56 Å². The third kappa shape index (κ3) is 5.23. The predicted molar refractivity (Wildman–Crippen MR) is 158 cm³/mol. The minimum atomic E-state index is -0.403. The Morgan fingerprint density at radius 1 is 0.875 bits per heavy atom. The van der Waals surface area contributed by atoms with Gasteiger partial charge in [-0.05, 0) is 55.3 Å². The first-order valence-electron chi connectivity index (χ1n) is 13.9. The SMILES string of the molecule is CCn1c2ccccc2c2cc(CN3CCC(NC(=O)c4ccccc4COC(=O)c4ccccc4)C3)ccc21. The van der Waals surface area contributed by atoms with Gasteiger partial charge < -0.3 is 14.6 Å². The van der Waals surface area contributed by atoms with Gasteiger partial charge in [0.15, 0.2) is 0 Å². The molecule has 6 rings (SSSR count). The molecule has 40 heavy (non-hydrogen) atoms. The van der Waals surface area contributed by atoms with Gasteiger partial charge in [0.25, 0.3) is 5.91 Å². The van der Waals surface area contributed by atoms with Crippen LogP contribution in [-0.2, 0) is 24.4 Å². The number of nitrogens with one attached hydrogen (secondary N) is 1. The molecule has 1 aliphatic rings. The van der Waals surface area contributed by atoms with Crippen molar-refractivity contribution in [1.29, 1.82) is 0 Å². The molecule has 1 atom stereocenters. The molecular weight excluding hydrogens is 498 g/mol. The maximum Gasteiger partial charge on any atom is 0.338 e. The van der Waals surface area contributed by atoms with E-state index in [-0.39, 0.29) is 18.6 Å². The van der Waals surface area contributed by atoms with E-state index in [1.807, 2.05) is 24.3 Å². The Balaban J connectivity index is 1.09. The number of fused-ring (bicyclic) bond motifs is 3. The molecule has 0 saturated carbocycles. The van der Waals surface area contributed by atoms with E-state index in [9.17, 15) is 9.59 Å². The van der Waals surface area contributed by atoms with Gasteiger partial charge in [-0.15, -0.1) is 0 Å². The Kier molecular flexibility index (Phi) is 7.34. The first-order chi connectivity index (χ1) is 19.6. The van der Waals surface area contributed by atoms with Crippen LogP contribution < -0.4 is 5.32 Å². The molecule has 1 fully saturated rings. The van der Waals surface area contributed by atoms with Gasteiger partial charge in [-0.3, -0.25) is 9.69 Å². The summed E-state index contributed by atoms with van der Waals surface area (Å²) in [5, 5.41) is 5.80. The van der Waals surface area contributed by atoms with E-state index in [1.165, 1.54) is 27.4 Å². The topological polar surface area (TPSA) is 63.6 Å². The van der Waals surface area contributed by atoms with Gasteiger partial charge in [0, 0.05) is 65.2 Å². The van der Waals surface area contributed by atoms with Gasteiger partial charge in [-0.25, -0.2) is 4.79 Å². The molecule has 0 spiro atoms. The van der Waals surface area contributed by atoms with Crippen LogP contribution in [0, 0.1) is 0 Å². The smallest absolute Gasteiger partial charge is 0.338 e. The van der Waals surface area contributed by atoms with E-state index in [0.717, 1.165) is 32.6 Å². The second kappa shape index (κ2) is 11.4. The van der Waals surface area contributed by atoms with Gasteiger partial charge >= 0.3 is 5.97 Å². The van der Waals surface area contributed by atoms with E-state index in [1.54, 1.807) is 30.3 Å². The number of aromatic nitrogens is 1. The van der Waals surface area contributed by atoms with Crippen molar-refractivity contribution in [2.45, 2.75) is 39.1 Å². The lowest BCUT2D eigenvalue weighted by Gasteiger charge is -2.18. The van der Waals surface area contributed by atoms with Gasteiger partial charge in [-0.2, -0.15) is 0 Å². The van der Waals surface area contributed by atoms with E-state index in [0.29, 0.717) is 16.7 Å². The average molecular weight is 532 g/mol. The molecule has 5 aromatic rings. The molecule has 4 aromatic carbocycles. The van der Waals surface area contributed by atoms with E-state index in [2.05, 4.69) is 64.2 Å². The fourth-order valence-corrected chi connectivity index (χ4v) is 5.82. The summed E-state index contributed by atoms with van der Waals surface area (Å²) in [7, 11) is 0. The molecule has 1 N–H and O–H groups in total. The molecule has 0 radical (unpaired) electrons. The Morgan fingerprint density at radius 3 is 2.48 bits per heavy atom. The summed E-state index contributed by atoms with van der Waals surface area (Å²) >= 11 is 0. The number of para-hydroxylation sites is 1. The van der Waals surface area contributed by atoms with Crippen molar-refractivity contribution < 1.29 is 14.3 Å². The highest BCUT2D eigenvalue weighted by Gasteiger charge is 2.25. The third-order valence-electron chi connectivity index (χ3n) is 7.80. The number of ether oxygens (including phenoxy) is 1. The summed E-state index contributed by atoms with van der Waals surface area (Å²) < 4.78 is 7.87.